The number of hydrogen-bond donors (Lipinski definition) is 2. The molecular formula is C25H20Cl3FN3O+. The molecule has 2 N–H and O–H groups in total. The van der Waals surface area contributed by atoms with E-state index >= 15 is 0 Å². The standard InChI is InChI=1S/C25H20Cl3FN3O/c26-19-2-1-3-20(27)23(19)25-24-17(8-11-32(25)33)18(16-5-4-15(29)12-21(16)28)13-22(31-24)14-6-9-30-10-7-14/h1-5,8,11-14,30,33H,6-7,9-10H2/q+1. The number of nitrogens with one attached hydrogen (secondary N) is 1. The van der Waals surface area contributed by atoms with Crippen molar-refractivity contribution in [3.63, 3.8) is 0 Å². The molecule has 5 rings (SSSR count). The van der Waals surface area contributed by atoms with Crippen molar-refractivity contribution >= 4 is 45.7 Å². The minimum Gasteiger partial charge on any atom is -0.317 e. The maximum absolute atomic E-state index is 13.8. The van der Waals surface area contributed by atoms with Crippen LogP contribution in [0.4, 0.5) is 4.39 Å². The van der Waals surface area contributed by atoms with Gasteiger partial charge in [-0.05, 0) is 67.9 Å². The van der Waals surface area contributed by atoms with Gasteiger partial charge in [-0.25, -0.2) is 9.37 Å². The largest absolute Gasteiger partial charge is 0.317 e. The highest BCUT2D eigenvalue weighted by molar-refractivity contribution is 6.39. The Balaban J connectivity index is 1.87. The van der Waals surface area contributed by atoms with Crippen LogP contribution in [0.1, 0.15) is 24.5 Å². The Morgan fingerprint density at radius 3 is 2.36 bits per heavy atom. The number of aromatic nitrogens is 2. The predicted octanol–water partition coefficient (Wildman–Crippen LogP) is 6.66. The highest BCUT2D eigenvalue weighted by Gasteiger charge is 2.28. The van der Waals surface area contributed by atoms with Gasteiger partial charge in [0.15, 0.2) is 0 Å². The SMILES string of the molecule is O[n+]1ccc2c(-c3ccc(F)cc3Cl)cc(C3CCNCC3)nc2c1-c1c(Cl)cccc1Cl. The van der Waals surface area contributed by atoms with Crippen molar-refractivity contribution in [2.24, 2.45) is 0 Å². The Hall–Kier alpha value is -2.44. The number of piperidine rings is 1. The first-order valence-electron chi connectivity index (χ1n) is 10.6. The molecule has 0 atom stereocenters. The highest BCUT2D eigenvalue weighted by atomic mass is 35.5. The second-order valence-electron chi connectivity index (χ2n) is 8.11. The van der Waals surface area contributed by atoms with Crippen LogP contribution in [0.2, 0.25) is 15.1 Å². The van der Waals surface area contributed by atoms with Gasteiger partial charge < -0.3 is 5.32 Å². The van der Waals surface area contributed by atoms with Crippen LogP contribution in [-0.4, -0.2) is 23.3 Å². The minimum absolute atomic E-state index is 0.232. The van der Waals surface area contributed by atoms with E-state index in [9.17, 15) is 9.60 Å². The number of hydrogen-bond acceptors (Lipinski definition) is 3. The summed E-state index contributed by atoms with van der Waals surface area (Å²) in [4.78, 5) is 5.01. The number of pyridine rings is 2. The molecule has 0 saturated carbocycles. The fourth-order valence-corrected chi connectivity index (χ4v) is 5.31. The second kappa shape index (κ2) is 9.07. The van der Waals surface area contributed by atoms with Crippen LogP contribution >= 0.6 is 34.8 Å². The Morgan fingerprint density at radius 2 is 1.67 bits per heavy atom. The lowest BCUT2D eigenvalue weighted by Crippen LogP contribution is -2.33. The molecule has 4 nitrogen and oxygen atoms in total. The van der Waals surface area contributed by atoms with Gasteiger partial charge in [-0.2, -0.15) is 0 Å². The van der Waals surface area contributed by atoms with Gasteiger partial charge in [-0.15, -0.1) is 0 Å². The number of nitrogens with zero attached hydrogens (tertiary/aromatic N) is 2. The Bertz CT molecular complexity index is 1350. The van der Waals surface area contributed by atoms with Crippen molar-refractivity contribution in [3.05, 3.63) is 81.3 Å². The van der Waals surface area contributed by atoms with Gasteiger partial charge in [-0.1, -0.05) is 40.9 Å². The van der Waals surface area contributed by atoms with Crippen LogP contribution in [0.25, 0.3) is 33.3 Å². The van der Waals surface area contributed by atoms with Gasteiger partial charge >= 0.3 is 0 Å². The summed E-state index contributed by atoms with van der Waals surface area (Å²) in [5, 5.41) is 16.1. The molecule has 3 heterocycles. The van der Waals surface area contributed by atoms with E-state index < -0.39 is 5.82 Å². The molecule has 4 aromatic rings. The first-order valence-corrected chi connectivity index (χ1v) is 11.8. The van der Waals surface area contributed by atoms with E-state index in [1.165, 1.54) is 18.3 Å². The first kappa shape index (κ1) is 22.4. The van der Waals surface area contributed by atoms with Gasteiger partial charge in [0.1, 0.15) is 11.3 Å². The van der Waals surface area contributed by atoms with Crippen molar-refractivity contribution < 1.29 is 14.3 Å². The van der Waals surface area contributed by atoms with Crippen LogP contribution in [0.5, 0.6) is 0 Å². The normalized spacial score (nSPS) is 14.7. The average molecular weight is 504 g/mol. The molecular weight excluding hydrogens is 484 g/mol. The molecule has 2 aromatic carbocycles. The van der Waals surface area contributed by atoms with E-state index in [4.69, 9.17) is 39.8 Å². The summed E-state index contributed by atoms with van der Waals surface area (Å²) < 4.78 is 14.8. The Kier molecular flexibility index (Phi) is 6.14. The second-order valence-corrected chi connectivity index (χ2v) is 9.33. The molecule has 0 spiro atoms. The maximum atomic E-state index is 13.8. The summed E-state index contributed by atoms with van der Waals surface area (Å²) in [5.41, 5.74) is 3.80. The molecule has 0 bridgehead atoms. The van der Waals surface area contributed by atoms with E-state index in [0.29, 0.717) is 37.4 Å². The maximum Gasteiger partial charge on any atom is 0.293 e. The van der Waals surface area contributed by atoms with Crippen LogP contribution in [0.15, 0.2) is 54.7 Å². The van der Waals surface area contributed by atoms with E-state index in [1.54, 1.807) is 30.3 Å². The van der Waals surface area contributed by atoms with Crippen molar-refractivity contribution in [1.29, 1.82) is 0 Å². The van der Waals surface area contributed by atoms with E-state index in [2.05, 4.69) is 5.32 Å². The third-order valence-corrected chi connectivity index (χ3v) is 7.04. The van der Waals surface area contributed by atoms with Crippen LogP contribution in [0, 0.1) is 5.82 Å². The van der Waals surface area contributed by atoms with Crippen molar-refractivity contribution in [2.45, 2.75) is 18.8 Å². The molecule has 33 heavy (non-hydrogen) atoms. The van der Waals surface area contributed by atoms with E-state index in [1.807, 2.05) is 6.07 Å². The third-order valence-electron chi connectivity index (χ3n) is 6.09. The summed E-state index contributed by atoms with van der Waals surface area (Å²) in [6.45, 7) is 1.80. The smallest absolute Gasteiger partial charge is 0.293 e. The predicted molar refractivity (Wildman–Crippen MR) is 130 cm³/mol. The molecule has 0 unspecified atom stereocenters. The molecule has 1 fully saturated rings. The average Bonchev–Trinajstić information content (AvgIpc) is 2.80. The fraction of sp³-hybridized carbons (Fsp3) is 0.200. The van der Waals surface area contributed by atoms with Crippen molar-refractivity contribution in [2.75, 3.05) is 13.1 Å². The van der Waals surface area contributed by atoms with E-state index in [0.717, 1.165) is 47.3 Å². The zero-order valence-corrected chi connectivity index (χ0v) is 19.7. The lowest BCUT2D eigenvalue weighted by atomic mass is 9.90. The molecule has 168 valence electrons. The zero-order chi connectivity index (χ0) is 23.1. The summed E-state index contributed by atoms with van der Waals surface area (Å²) >= 11 is 19.5. The van der Waals surface area contributed by atoms with Gasteiger partial charge in [0.25, 0.3) is 5.69 Å². The molecule has 1 aliphatic rings. The molecule has 1 aliphatic heterocycles. The van der Waals surface area contributed by atoms with Crippen LogP contribution in [-0.2, 0) is 0 Å². The van der Waals surface area contributed by atoms with Crippen LogP contribution in [0.3, 0.4) is 0 Å². The first-order chi connectivity index (χ1) is 15.9. The summed E-state index contributed by atoms with van der Waals surface area (Å²) in [5.74, 6) is -0.173. The van der Waals surface area contributed by atoms with Gasteiger partial charge in [0.05, 0.1) is 20.6 Å². The third kappa shape index (κ3) is 4.15. The van der Waals surface area contributed by atoms with Gasteiger partial charge in [0, 0.05) is 33.4 Å². The van der Waals surface area contributed by atoms with Gasteiger partial charge in [0.2, 0.25) is 6.20 Å². The molecule has 0 amide bonds. The topological polar surface area (TPSA) is 49.0 Å². The van der Waals surface area contributed by atoms with E-state index in [-0.39, 0.29) is 5.92 Å². The Morgan fingerprint density at radius 1 is 0.939 bits per heavy atom. The molecule has 0 aliphatic carbocycles. The molecule has 1 saturated heterocycles. The number of fused-ring (bicyclic) bond motifs is 1. The lowest BCUT2D eigenvalue weighted by Gasteiger charge is -2.23. The molecule has 8 heteroatoms. The zero-order valence-electron chi connectivity index (χ0n) is 17.5. The summed E-state index contributed by atoms with van der Waals surface area (Å²) in [6.07, 6.45) is 3.39. The molecule has 2 aromatic heterocycles. The Labute approximate surface area is 205 Å². The van der Waals surface area contributed by atoms with Crippen molar-refractivity contribution in [3.8, 4) is 22.4 Å². The summed E-state index contributed by atoms with van der Waals surface area (Å²) in [7, 11) is 0. The minimum atomic E-state index is -0.405. The fourth-order valence-electron chi connectivity index (χ4n) is 4.47. The monoisotopic (exact) mass is 502 g/mol. The highest BCUT2D eigenvalue weighted by Crippen LogP contribution is 2.41. The quantitative estimate of drug-likeness (QED) is 0.243. The number of benzene rings is 2. The number of halogens is 4. The van der Waals surface area contributed by atoms with Crippen LogP contribution < -0.4 is 10.0 Å². The lowest BCUT2D eigenvalue weighted by molar-refractivity contribution is -0.895. The summed E-state index contributed by atoms with van der Waals surface area (Å²) in [6, 6.07) is 13.3. The number of rotatable bonds is 3. The molecule has 0 radical (unpaired) electrons. The van der Waals surface area contributed by atoms with Crippen molar-refractivity contribution in [1.82, 2.24) is 10.3 Å². The van der Waals surface area contributed by atoms with Gasteiger partial charge in [-0.3, -0.25) is 5.21 Å².